The van der Waals surface area contributed by atoms with Crippen molar-refractivity contribution in [1.82, 2.24) is 5.32 Å². The van der Waals surface area contributed by atoms with Gasteiger partial charge in [0.2, 0.25) is 5.91 Å². The first-order valence-corrected chi connectivity index (χ1v) is 25.2. The van der Waals surface area contributed by atoms with Crippen LogP contribution in [0.2, 0.25) is 0 Å². The van der Waals surface area contributed by atoms with E-state index in [-0.39, 0.29) is 12.5 Å². The van der Waals surface area contributed by atoms with Crippen LogP contribution in [0.4, 0.5) is 0 Å². The van der Waals surface area contributed by atoms with E-state index in [2.05, 4.69) is 55.6 Å². The molecule has 1 amide bonds. The van der Waals surface area contributed by atoms with Crippen LogP contribution in [-0.2, 0) is 4.79 Å². The lowest BCUT2D eigenvalue weighted by atomic mass is 10.0. The number of aliphatic hydroxyl groups excluding tert-OH is 2. The molecule has 2 unspecified atom stereocenters. The number of hydrogen-bond acceptors (Lipinski definition) is 3. The van der Waals surface area contributed by atoms with Gasteiger partial charge in [-0.3, -0.25) is 4.79 Å². The van der Waals surface area contributed by atoms with Crippen LogP contribution in [0.5, 0.6) is 0 Å². The molecule has 0 bridgehead atoms. The van der Waals surface area contributed by atoms with Crippen molar-refractivity contribution in [3.05, 3.63) is 36.5 Å². The monoisotopic (exact) mass is 786 g/mol. The molecule has 0 heterocycles. The fourth-order valence-electron chi connectivity index (χ4n) is 7.78. The zero-order chi connectivity index (χ0) is 40.7. The van der Waals surface area contributed by atoms with Gasteiger partial charge in [0.15, 0.2) is 0 Å². The lowest BCUT2D eigenvalue weighted by Crippen LogP contribution is -2.45. The van der Waals surface area contributed by atoms with Crippen LogP contribution in [0, 0.1) is 0 Å². The lowest BCUT2D eigenvalue weighted by molar-refractivity contribution is -0.123. The predicted octanol–water partition coefficient (Wildman–Crippen LogP) is 16.1. The number of carbonyl (C=O) groups is 1. The van der Waals surface area contributed by atoms with Gasteiger partial charge in [0.1, 0.15) is 0 Å². The molecule has 0 aromatic rings. The van der Waals surface area contributed by atoms with Gasteiger partial charge in [0.25, 0.3) is 0 Å². The number of rotatable bonds is 46. The average Bonchev–Trinajstić information content (AvgIpc) is 3.20. The minimum atomic E-state index is -0.660. The minimum absolute atomic E-state index is 0.0314. The summed E-state index contributed by atoms with van der Waals surface area (Å²) in [5.74, 6) is -0.0314. The Bertz CT molecular complexity index is 851. The summed E-state index contributed by atoms with van der Waals surface area (Å²) in [5.41, 5.74) is 0. The molecule has 56 heavy (non-hydrogen) atoms. The van der Waals surface area contributed by atoms with Crippen LogP contribution in [0.25, 0.3) is 0 Å². The number of amides is 1. The molecule has 330 valence electrons. The first-order chi connectivity index (χ1) is 27.7. The van der Waals surface area contributed by atoms with Gasteiger partial charge in [0, 0.05) is 6.42 Å². The van der Waals surface area contributed by atoms with Crippen molar-refractivity contribution < 1.29 is 15.0 Å². The highest BCUT2D eigenvalue weighted by atomic mass is 16.3. The van der Waals surface area contributed by atoms with Crippen LogP contribution in [-0.4, -0.2) is 34.9 Å². The Morgan fingerprint density at radius 2 is 0.732 bits per heavy atom. The van der Waals surface area contributed by atoms with Gasteiger partial charge in [-0.2, -0.15) is 0 Å². The molecule has 4 nitrogen and oxygen atoms in total. The minimum Gasteiger partial charge on any atom is -0.394 e. The summed E-state index contributed by atoms with van der Waals surface area (Å²) < 4.78 is 0. The summed E-state index contributed by atoms with van der Waals surface area (Å²) in [7, 11) is 0. The molecule has 0 saturated carbocycles. The van der Waals surface area contributed by atoms with Gasteiger partial charge in [-0.1, -0.05) is 249 Å². The maximum atomic E-state index is 12.5. The standard InChI is InChI=1S/C52H99NO3/c1-3-5-7-9-11-13-15-17-19-21-22-23-24-25-26-27-28-29-30-32-34-36-38-40-42-44-46-48-52(56)53-50(49-54)51(55)47-45-43-41-39-37-35-33-31-20-18-16-14-12-10-8-6-4-2/h15,17,21-22,24-25,50-51,54-55H,3-14,16,18-20,23,26-49H2,1-2H3,(H,53,56)/b17-15-,22-21-,25-24-. The van der Waals surface area contributed by atoms with Crippen LogP contribution < -0.4 is 5.32 Å². The van der Waals surface area contributed by atoms with Gasteiger partial charge in [-0.25, -0.2) is 0 Å². The van der Waals surface area contributed by atoms with Crippen LogP contribution in [0.3, 0.4) is 0 Å². The van der Waals surface area contributed by atoms with E-state index >= 15 is 0 Å². The Morgan fingerprint density at radius 1 is 0.429 bits per heavy atom. The van der Waals surface area contributed by atoms with Gasteiger partial charge < -0.3 is 15.5 Å². The summed E-state index contributed by atoms with van der Waals surface area (Å²) in [6.45, 7) is 4.36. The molecule has 0 aliphatic heterocycles. The molecule has 0 radical (unpaired) electrons. The highest BCUT2D eigenvalue weighted by molar-refractivity contribution is 5.76. The Labute approximate surface area is 351 Å². The molecule has 0 fully saturated rings. The Morgan fingerprint density at radius 3 is 1.09 bits per heavy atom. The smallest absolute Gasteiger partial charge is 0.220 e. The second-order valence-corrected chi connectivity index (χ2v) is 17.2. The fraction of sp³-hybridized carbons (Fsp3) is 0.865. The SMILES string of the molecule is CCCCCCC/C=C\C/C=C\C/C=C\CCCCCCCCCCCCCCC(=O)NC(CO)C(O)CCCCCCCCCCCCCCCCCCC. The average molecular weight is 786 g/mol. The zero-order valence-corrected chi connectivity index (χ0v) is 37.9. The summed E-state index contributed by atoms with van der Waals surface area (Å²) in [4.78, 5) is 12.5. The molecule has 0 aromatic carbocycles. The summed E-state index contributed by atoms with van der Waals surface area (Å²) >= 11 is 0. The zero-order valence-electron chi connectivity index (χ0n) is 37.9. The Balaban J connectivity index is 3.49. The van der Waals surface area contributed by atoms with E-state index in [9.17, 15) is 15.0 Å². The highest BCUT2D eigenvalue weighted by Gasteiger charge is 2.20. The third-order valence-corrected chi connectivity index (χ3v) is 11.7. The van der Waals surface area contributed by atoms with E-state index in [0.29, 0.717) is 12.8 Å². The maximum Gasteiger partial charge on any atom is 0.220 e. The number of nitrogens with one attached hydrogen (secondary N) is 1. The van der Waals surface area contributed by atoms with E-state index in [1.54, 1.807) is 0 Å². The molecule has 0 saturated heterocycles. The Hall–Kier alpha value is -1.39. The van der Waals surface area contributed by atoms with Crippen LogP contribution >= 0.6 is 0 Å². The molecular formula is C52H99NO3. The van der Waals surface area contributed by atoms with E-state index in [1.165, 1.54) is 205 Å². The van der Waals surface area contributed by atoms with Crippen molar-refractivity contribution in [3.8, 4) is 0 Å². The van der Waals surface area contributed by atoms with Crippen molar-refractivity contribution in [3.63, 3.8) is 0 Å². The molecule has 4 heteroatoms. The van der Waals surface area contributed by atoms with Gasteiger partial charge in [-0.15, -0.1) is 0 Å². The van der Waals surface area contributed by atoms with Crippen LogP contribution in [0.1, 0.15) is 271 Å². The summed E-state index contributed by atoms with van der Waals surface area (Å²) in [6, 6.07) is -0.537. The van der Waals surface area contributed by atoms with Crippen molar-refractivity contribution in [2.24, 2.45) is 0 Å². The second kappa shape index (κ2) is 48.0. The molecule has 2 atom stereocenters. The van der Waals surface area contributed by atoms with Crippen molar-refractivity contribution in [2.45, 2.75) is 283 Å². The summed E-state index contributed by atoms with van der Waals surface area (Å²) in [6.07, 6.45) is 63.8. The number of hydrogen-bond donors (Lipinski definition) is 3. The molecule has 0 aliphatic rings. The molecular weight excluding hydrogens is 687 g/mol. The first kappa shape index (κ1) is 54.6. The molecule has 0 spiro atoms. The molecule has 0 aromatic heterocycles. The van der Waals surface area contributed by atoms with Gasteiger partial charge in [-0.05, 0) is 51.4 Å². The van der Waals surface area contributed by atoms with Crippen LogP contribution in [0.15, 0.2) is 36.5 Å². The first-order valence-electron chi connectivity index (χ1n) is 25.2. The van der Waals surface area contributed by atoms with Crippen molar-refractivity contribution in [2.75, 3.05) is 6.61 Å². The molecule has 0 rings (SSSR count). The second-order valence-electron chi connectivity index (χ2n) is 17.2. The number of unbranched alkanes of at least 4 members (excludes halogenated alkanes) is 33. The highest BCUT2D eigenvalue weighted by Crippen LogP contribution is 2.16. The summed E-state index contributed by atoms with van der Waals surface area (Å²) in [5, 5.41) is 23.3. The van der Waals surface area contributed by atoms with Crippen molar-refractivity contribution in [1.29, 1.82) is 0 Å². The number of carbonyl (C=O) groups excluding carboxylic acids is 1. The number of aliphatic hydroxyl groups is 2. The van der Waals surface area contributed by atoms with E-state index in [4.69, 9.17) is 0 Å². The van der Waals surface area contributed by atoms with E-state index in [0.717, 1.165) is 38.5 Å². The quantitative estimate of drug-likeness (QED) is 0.0425. The lowest BCUT2D eigenvalue weighted by Gasteiger charge is -2.22. The topological polar surface area (TPSA) is 69.6 Å². The third kappa shape index (κ3) is 43.7. The van der Waals surface area contributed by atoms with E-state index < -0.39 is 12.1 Å². The van der Waals surface area contributed by atoms with Gasteiger partial charge in [0.05, 0.1) is 18.8 Å². The van der Waals surface area contributed by atoms with Crippen molar-refractivity contribution >= 4 is 5.91 Å². The largest absolute Gasteiger partial charge is 0.394 e. The van der Waals surface area contributed by atoms with Gasteiger partial charge >= 0.3 is 0 Å². The Kier molecular flexibility index (Phi) is 46.8. The number of allylic oxidation sites excluding steroid dienone is 6. The maximum absolute atomic E-state index is 12.5. The predicted molar refractivity (Wildman–Crippen MR) is 248 cm³/mol. The van der Waals surface area contributed by atoms with E-state index in [1.807, 2.05) is 0 Å². The molecule has 3 N–H and O–H groups in total. The normalized spacial score (nSPS) is 13.1. The third-order valence-electron chi connectivity index (χ3n) is 11.7. The molecule has 0 aliphatic carbocycles. The fourth-order valence-corrected chi connectivity index (χ4v) is 7.78.